The Labute approximate surface area is 99.9 Å². The molecule has 0 radical (unpaired) electrons. The highest BCUT2D eigenvalue weighted by atomic mass is 32.1. The first-order valence-electron chi connectivity index (χ1n) is 4.73. The summed E-state index contributed by atoms with van der Waals surface area (Å²) in [5.74, 6) is -0.533. The minimum absolute atomic E-state index is 0.0282. The summed E-state index contributed by atoms with van der Waals surface area (Å²) in [5.41, 5.74) is 5.42. The molecule has 17 heavy (non-hydrogen) atoms. The summed E-state index contributed by atoms with van der Waals surface area (Å²) in [6.45, 7) is 0. The maximum absolute atomic E-state index is 12.7. The van der Waals surface area contributed by atoms with Crippen molar-refractivity contribution >= 4 is 22.3 Å². The number of anilines is 1. The number of ketones is 1. The molecule has 2 N–H and O–H groups in total. The van der Waals surface area contributed by atoms with Crippen molar-refractivity contribution in [1.29, 1.82) is 0 Å². The summed E-state index contributed by atoms with van der Waals surface area (Å²) in [4.78, 5) is 15.2. The van der Waals surface area contributed by atoms with Crippen LogP contribution in [0.4, 0.5) is 13.9 Å². The molecular weight excluding hydrogens is 246 g/mol. The maximum atomic E-state index is 12.7. The average Bonchev–Trinajstić information content (AvgIpc) is 2.72. The van der Waals surface area contributed by atoms with Crippen molar-refractivity contribution in [3.05, 3.63) is 46.5 Å². The first kappa shape index (κ1) is 11.7. The van der Waals surface area contributed by atoms with Gasteiger partial charge in [0.2, 0.25) is 5.78 Å². The van der Waals surface area contributed by atoms with Crippen molar-refractivity contribution in [2.45, 2.75) is 6.43 Å². The smallest absolute Gasteiger partial charge is 0.275 e. The second-order valence-electron chi connectivity index (χ2n) is 3.26. The molecule has 0 saturated heterocycles. The monoisotopic (exact) mass is 254 g/mol. The van der Waals surface area contributed by atoms with Crippen LogP contribution < -0.4 is 5.73 Å². The Morgan fingerprint density at radius 3 is 2.53 bits per heavy atom. The number of halogens is 2. The number of carbonyl (C=O) groups excluding carboxylic acids is 1. The van der Waals surface area contributed by atoms with Crippen molar-refractivity contribution < 1.29 is 13.6 Å². The first-order chi connectivity index (χ1) is 8.09. The van der Waals surface area contributed by atoms with Gasteiger partial charge in [0.1, 0.15) is 10.6 Å². The fourth-order valence-corrected chi connectivity index (χ4v) is 2.07. The molecule has 88 valence electrons. The lowest BCUT2D eigenvalue weighted by atomic mass is 10.1. The van der Waals surface area contributed by atoms with Crippen LogP contribution in [0.25, 0.3) is 0 Å². The Balaban J connectivity index is 2.44. The lowest BCUT2D eigenvalue weighted by Gasteiger charge is -2.00. The van der Waals surface area contributed by atoms with E-state index < -0.39 is 12.2 Å². The van der Waals surface area contributed by atoms with Crippen LogP contribution in [0.15, 0.2) is 30.3 Å². The van der Waals surface area contributed by atoms with Crippen LogP contribution in [-0.2, 0) is 0 Å². The van der Waals surface area contributed by atoms with Crippen LogP contribution in [0.3, 0.4) is 0 Å². The molecular formula is C11H8F2N2OS. The number of alkyl halides is 2. The van der Waals surface area contributed by atoms with Gasteiger partial charge in [-0.15, -0.1) is 0 Å². The molecule has 0 amide bonds. The molecule has 0 spiro atoms. The largest absolute Gasteiger partial charge is 0.375 e. The van der Waals surface area contributed by atoms with Crippen LogP contribution in [0.2, 0.25) is 0 Å². The minimum atomic E-state index is -2.74. The Morgan fingerprint density at radius 1 is 1.29 bits per heavy atom. The van der Waals surface area contributed by atoms with E-state index in [0.717, 1.165) is 0 Å². The van der Waals surface area contributed by atoms with E-state index >= 15 is 0 Å². The van der Waals surface area contributed by atoms with Gasteiger partial charge >= 0.3 is 0 Å². The van der Waals surface area contributed by atoms with E-state index in [1.807, 2.05) is 0 Å². The van der Waals surface area contributed by atoms with Gasteiger partial charge in [-0.3, -0.25) is 4.79 Å². The van der Waals surface area contributed by atoms with E-state index in [-0.39, 0.29) is 15.7 Å². The lowest BCUT2D eigenvalue weighted by Crippen LogP contribution is -2.05. The molecule has 0 aliphatic heterocycles. The second-order valence-corrected chi connectivity index (χ2v) is 4.32. The first-order valence-corrected chi connectivity index (χ1v) is 5.55. The zero-order chi connectivity index (χ0) is 12.4. The molecule has 1 heterocycles. The average molecular weight is 254 g/mol. The van der Waals surface area contributed by atoms with Crippen LogP contribution in [0, 0.1) is 0 Å². The molecule has 0 saturated carbocycles. The topological polar surface area (TPSA) is 56.0 Å². The summed E-state index contributed by atoms with van der Waals surface area (Å²) in [6, 6.07) is 8.15. The standard InChI is InChI=1S/C11H8F2N2OS/c12-10(13)9-7(15-11(14)17-9)8(16)6-4-2-1-3-5-6/h1-5,10H,(H2,14,15). The van der Waals surface area contributed by atoms with Gasteiger partial charge < -0.3 is 5.73 Å². The van der Waals surface area contributed by atoms with Gasteiger partial charge in [0, 0.05) is 5.56 Å². The number of hydrogen-bond acceptors (Lipinski definition) is 4. The Hall–Kier alpha value is -1.82. The summed E-state index contributed by atoms with van der Waals surface area (Å²) in [6.07, 6.45) is -2.74. The van der Waals surface area contributed by atoms with Gasteiger partial charge in [0.05, 0.1) is 0 Å². The van der Waals surface area contributed by atoms with E-state index in [1.54, 1.807) is 30.3 Å². The Kier molecular flexibility index (Phi) is 3.14. The molecule has 0 aliphatic carbocycles. The predicted octanol–water partition coefficient (Wildman–Crippen LogP) is 2.89. The van der Waals surface area contributed by atoms with Crippen molar-refractivity contribution in [3.8, 4) is 0 Å². The van der Waals surface area contributed by atoms with Gasteiger partial charge in [-0.1, -0.05) is 41.7 Å². The normalized spacial score (nSPS) is 10.8. The number of aromatic nitrogens is 1. The molecule has 0 fully saturated rings. The van der Waals surface area contributed by atoms with E-state index in [1.165, 1.54) is 0 Å². The molecule has 0 aliphatic rings. The summed E-state index contributed by atoms with van der Waals surface area (Å²) < 4.78 is 25.4. The Bertz CT molecular complexity index is 540. The molecule has 6 heteroatoms. The van der Waals surface area contributed by atoms with Gasteiger partial charge in [0.15, 0.2) is 5.13 Å². The van der Waals surface area contributed by atoms with Crippen LogP contribution in [0.5, 0.6) is 0 Å². The van der Waals surface area contributed by atoms with Crippen molar-refractivity contribution in [2.24, 2.45) is 0 Å². The number of hydrogen-bond donors (Lipinski definition) is 1. The van der Waals surface area contributed by atoms with E-state index in [2.05, 4.69) is 4.98 Å². The third-order valence-electron chi connectivity index (χ3n) is 2.12. The molecule has 2 rings (SSSR count). The predicted molar refractivity (Wildman–Crippen MR) is 61.4 cm³/mol. The summed E-state index contributed by atoms with van der Waals surface area (Å²) in [5, 5.41) is -0.0282. The molecule has 2 aromatic rings. The van der Waals surface area contributed by atoms with Crippen LogP contribution in [-0.4, -0.2) is 10.8 Å². The van der Waals surface area contributed by atoms with Crippen molar-refractivity contribution in [2.75, 3.05) is 5.73 Å². The SMILES string of the molecule is Nc1nc(C(=O)c2ccccc2)c(C(F)F)s1. The summed E-state index contributed by atoms with van der Waals surface area (Å²) in [7, 11) is 0. The molecule has 0 atom stereocenters. The molecule has 3 nitrogen and oxygen atoms in total. The highest BCUT2D eigenvalue weighted by molar-refractivity contribution is 7.15. The zero-order valence-corrected chi connectivity index (χ0v) is 9.38. The highest BCUT2D eigenvalue weighted by Gasteiger charge is 2.24. The van der Waals surface area contributed by atoms with E-state index in [9.17, 15) is 13.6 Å². The van der Waals surface area contributed by atoms with Crippen LogP contribution in [0.1, 0.15) is 27.4 Å². The summed E-state index contributed by atoms with van der Waals surface area (Å²) >= 11 is 0.641. The maximum Gasteiger partial charge on any atom is 0.275 e. The highest BCUT2D eigenvalue weighted by Crippen LogP contribution is 2.31. The molecule has 1 aromatic carbocycles. The van der Waals surface area contributed by atoms with Crippen LogP contribution >= 0.6 is 11.3 Å². The number of nitrogen functional groups attached to an aromatic ring is 1. The quantitative estimate of drug-likeness (QED) is 0.857. The fraction of sp³-hybridized carbons (Fsp3) is 0.0909. The third-order valence-corrected chi connectivity index (χ3v) is 3.01. The second kappa shape index (κ2) is 4.58. The molecule has 0 bridgehead atoms. The van der Waals surface area contributed by atoms with Gasteiger partial charge in [-0.05, 0) is 0 Å². The number of rotatable bonds is 3. The number of benzene rings is 1. The number of nitrogens with zero attached hydrogens (tertiary/aromatic N) is 1. The number of nitrogens with two attached hydrogens (primary N) is 1. The molecule has 1 aromatic heterocycles. The third kappa shape index (κ3) is 2.31. The number of thiazole rings is 1. The van der Waals surface area contributed by atoms with E-state index in [4.69, 9.17) is 5.73 Å². The number of carbonyl (C=O) groups is 1. The Morgan fingerprint density at radius 2 is 1.94 bits per heavy atom. The minimum Gasteiger partial charge on any atom is -0.375 e. The van der Waals surface area contributed by atoms with Gasteiger partial charge in [-0.2, -0.15) is 0 Å². The van der Waals surface area contributed by atoms with Crippen molar-refractivity contribution in [1.82, 2.24) is 4.98 Å². The van der Waals surface area contributed by atoms with E-state index in [0.29, 0.717) is 16.9 Å². The van der Waals surface area contributed by atoms with Crippen molar-refractivity contribution in [3.63, 3.8) is 0 Å². The zero-order valence-electron chi connectivity index (χ0n) is 8.56. The lowest BCUT2D eigenvalue weighted by molar-refractivity contribution is 0.102. The fourth-order valence-electron chi connectivity index (χ4n) is 1.39. The van der Waals surface area contributed by atoms with Gasteiger partial charge in [-0.25, -0.2) is 13.8 Å². The van der Waals surface area contributed by atoms with Gasteiger partial charge in [0.25, 0.3) is 6.43 Å². The molecule has 0 unspecified atom stereocenters.